The van der Waals surface area contributed by atoms with Crippen LogP contribution in [0.15, 0.2) is 36.5 Å². The molecule has 8 nitrogen and oxygen atoms in total. The van der Waals surface area contributed by atoms with Gasteiger partial charge in [0.25, 0.3) is 5.91 Å². The SMILES string of the molecule is CCOc1cccc(Nc2nccc(C(=O)NC3CCCC(NC(=O)C4CC4)C3)n2)c1. The summed E-state index contributed by atoms with van der Waals surface area (Å²) in [5.41, 5.74) is 1.09. The highest BCUT2D eigenvalue weighted by Gasteiger charge is 2.32. The molecule has 4 rings (SSSR count). The summed E-state index contributed by atoms with van der Waals surface area (Å²) in [6.07, 6.45) is 7.17. The molecule has 164 valence electrons. The van der Waals surface area contributed by atoms with Gasteiger partial charge in [-0.25, -0.2) is 9.97 Å². The van der Waals surface area contributed by atoms with E-state index in [0.717, 1.165) is 50.0 Å². The Morgan fingerprint density at radius 2 is 1.90 bits per heavy atom. The smallest absolute Gasteiger partial charge is 0.270 e. The van der Waals surface area contributed by atoms with Gasteiger partial charge in [-0.2, -0.15) is 0 Å². The standard InChI is InChI=1S/C23H29N5O3/c1-2-31-19-8-4-7-18(14-19)27-23-24-12-11-20(28-23)22(30)26-17-6-3-5-16(13-17)25-21(29)15-9-10-15/h4,7-8,11-12,14-17H,2-3,5-6,9-10,13H2,1H3,(H,25,29)(H,26,30)(H,24,27,28). The molecule has 1 aromatic heterocycles. The molecule has 2 unspecified atom stereocenters. The van der Waals surface area contributed by atoms with Crippen molar-refractivity contribution >= 4 is 23.5 Å². The minimum Gasteiger partial charge on any atom is -0.494 e. The van der Waals surface area contributed by atoms with Crippen LogP contribution >= 0.6 is 0 Å². The largest absolute Gasteiger partial charge is 0.494 e. The number of benzene rings is 1. The topological polar surface area (TPSA) is 105 Å². The molecule has 1 aromatic carbocycles. The van der Waals surface area contributed by atoms with Crippen LogP contribution in [0.4, 0.5) is 11.6 Å². The van der Waals surface area contributed by atoms with Crippen molar-refractivity contribution in [2.45, 2.75) is 57.5 Å². The third-order valence-corrected chi connectivity index (χ3v) is 5.59. The number of hydrogen-bond acceptors (Lipinski definition) is 6. The van der Waals surface area contributed by atoms with Crippen molar-refractivity contribution in [1.82, 2.24) is 20.6 Å². The Kier molecular flexibility index (Phi) is 6.64. The Hall–Kier alpha value is -3.16. The molecule has 2 aromatic rings. The van der Waals surface area contributed by atoms with Crippen LogP contribution in [0, 0.1) is 5.92 Å². The minimum atomic E-state index is -0.229. The van der Waals surface area contributed by atoms with E-state index in [2.05, 4.69) is 25.9 Å². The molecule has 8 heteroatoms. The quantitative estimate of drug-likeness (QED) is 0.602. The number of anilines is 2. The zero-order valence-corrected chi connectivity index (χ0v) is 17.8. The minimum absolute atomic E-state index is 0.0278. The fourth-order valence-corrected chi connectivity index (χ4v) is 3.88. The average Bonchev–Trinajstić information content (AvgIpc) is 3.60. The highest BCUT2D eigenvalue weighted by Crippen LogP contribution is 2.30. The van der Waals surface area contributed by atoms with E-state index in [-0.39, 0.29) is 29.8 Å². The van der Waals surface area contributed by atoms with Gasteiger partial charge in [0, 0.05) is 36.0 Å². The summed E-state index contributed by atoms with van der Waals surface area (Å²) in [6, 6.07) is 9.27. The zero-order chi connectivity index (χ0) is 21.6. The van der Waals surface area contributed by atoms with Crippen molar-refractivity contribution in [3.63, 3.8) is 0 Å². The van der Waals surface area contributed by atoms with Gasteiger partial charge in [-0.1, -0.05) is 6.07 Å². The maximum Gasteiger partial charge on any atom is 0.270 e. The van der Waals surface area contributed by atoms with E-state index in [1.54, 1.807) is 12.3 Å². The molecule has 0 radical (unpaired) electrons. The summed E-state index contributed by atoms with van der Waals surface area (Å²) >= 11 is 0. The number of amides is 2. The molecule has 2 aliphatic rings. The van der Waals surface area contributed by atoms with Gasteiger partial charge in [0.1, 0.15) is 11.4 Å². The first-order valence-electron chi connectivity index (χ1n) is 11.0. The van der Waals surface area contributed by atoms with Crippen LogP contribution in [0.25, 0.3) is 0 Å². The number of rotatable bonds is 8. The van der Waals surface area contributed by atoms with Gasteiger partial charge < -0.3 is 20.7 Å². The van der Waals surface area contributed by atoms with Crippen molar-refractivity contribution in [3.05, 3.63) is 42.2 Å². The molecule has 3 N–H and O–H groups in total. The second-order valence-corrected chi connectivity index (χ2v) is 8.17. The van der Waals surface area contributed by atoms with Crippen LogP contribution in [-0.4, -0.2) is 40.5 Å². The summed E-state index contributed by atoms with van der Waals surface area (Å²) in [4.78, 5) is 33.4. The summed E-state index contributed by atoms with van der Waals surface area (Å²) in [7, 11) is 0. The number of carbonyl (C=O) groups excluding carboxylic acids is 2. The van der Waals surface area contributed by atoms with Crippen molar-refractivity contribution < 1.29 is 14.3 Å². The van der Waals surface area contributed by atoms with Gasteiger partial charge in [-0.05, 0) is 63.6 Å². The van der Waals surface area contributed by atoms with Crippen molar-refractivity contribution in [2.24, 2.45) is 5.92 Å². The molecule has 2 aliphatic carbocycles. The lowest BCUT2D eigenvalue weighted by atomic mass is 9.90. The second kappa shape index (κ2) is 9.76. The van der Waals surface area contributed by atoms with Crippen LogP contribution in [-0.2, 0) is 4.79 Å². The molecule has 0 saturated heterocycles. The Labute approximate surface area is 182 Å². The highest BCUT2D eigenvalue weighted by atomic mass is 16.5. The number of nitrogens with one attached hydrogen (secondary N) is 3. The Balaban J connectivity index is 1.34. The van der Waals surface area contributed by atoms with Crippen molar-refractivity contribution in [2.75, 3.05) is 11.9 Å². The van der Waals surface area contributed by atoms with Gasteiger partial charge in [0.2, 0.25) is 11.9 Å². The molecule has 0 spiro atoms. The summed E-state index contributed by atoms with van der Waals surface area (Å²) in [5.74, 6) is 1.24. The first kappa shape index (κ1) is 21.1. The van der Waals surface area contributed by atoms with Gasteiger partial charge in [0.15, 0.2) is 0 Å². The molecule has 2 fully saturated rings. The first-order valence-corrected chi connectivity index (χ1v) is 11.0. The van der Waals surface area contributed by atoms with E-state index in [1.165, 1.54) is 0 Å². The monoisotopic (exact) mass is 423 g/mol. The van der Waals surface area contributed by atoms with E-state index in [0.29, 0.717) is 18.2 Å². The van der Waals surface area contributed by atoms with Gasteiger partial charge in [-0.15, -0.1) is 0 Å². The van der Waals surface area contributed by atoms with E-state index in [4.69, 9.17) is 4.74 Å². The molecular weight excluding hydrogens is 394 g/mol. The number of hydrogen-bond donors (Lipinski definition) is 3. The van der Waals surface area contributed by atoms with Crippen LogP contribution in [0.3, 0.4) is 0 Å². The molecule has 2 saturated carbocycles. The molecule has 0 aliphatic heterocycles. The van der Waals surface area contributed by atoms with E-state index >= 15 is 0 Å². The van der Waals surface area contributed by atoms with Crippen LogP contribution in [0.5, 0.6) is 5.75 Å². The van der Waals surface area contributed by atoms with E-state index in [1.807, 2.05) is 31.2 Å². The Morgan fingerprint density at radius 1 is 1.10 bits per heavy atom. The van der Waals surface area contributed by atoms with Crippen LogP contribution in [0.1, 0.15) is 55.9 Å². The molecule has 2 amide bonds. The third kappa shape index (κ3) is 5.93. The van der Waals surface area contributed by atoms with Gasteiger partial charge in [0.05, 0.1) is 6.61 Å². The first-order chi connectivity index (χ1) is 15.1. The number of aromatic nitrogens is 2. The molecule has 31 heavy (non-hydrogen) atoms. The van der Waals surface area contributed by atoms with Crippen molar-refractivity contribution in [3.8, 4) is 5.75 Å². The fourth-order valence-electron chi connectivity index (χ4n) is 3.88. The van der Waals surface area contributed by atoms with Gasteiger partial charge >= 0.3 is 0 Å². The number of ether oxygens (including phenoxy) is 1. The Bertz CT molecular complexity index is 931. The average molecular weight is 424 g/mol. The maximum atomic E-state index is 12.8. The lowest BCUT2D eigenvalue weighted by Gasteiger charge is -2.30. The molecular formula is C23H29N5O3. The van der Waals surface area contributed by atoms with Crippen LogP contribution < -0.4 is 20.7 Å². The van der Waals surface area contributed by atoms with E-state index in [9.17, 15) is 9.59 Å². The number of nitrogens with zero attached hydrogens (tertiary/aromatic N) is 2. The predicted molar refractivity (Wildman–Crippen MR) is 117 cm³/mol. The van der Waals surface area contributed by atoms with Crippen molar-refractivity contribution in [1.29, 1.82) is 0 Å². The predicted octanol–water partition coefficient (Wildman–Crippen LogP) is 3.19. The summed E-state index contributed by atoms with van der Waals surface area (Å²) < 4.78 is 5.51. The summed E-state index contributed by atoms with van der Waals surface area (Å²) in [5, 5.41) is 9.33. The molecule has 2 atom stereocenters. The zero-order valence-electron chi connectivity index (χ0n) is 17.8. The fraction of sp³-hybridized carbons (Fsp3) is 0.478. The lowest BCUT2D eigenvalue weighted by Crippen LogP contribution is -2.46. The number of carbonyl (C=O) groups is 2. The second-order valence-electron chi connectivity index (χ2n) is 8.17. The lowest BCUT2D eigenvalue weighted by molar-refractivity contribution is -0.123. The Morgan fingerprint density at radius 3 is 2.68 bits per heavy atom. The molecule has 1 heterocycles. The van der Waals surface area contributed by atoms with E-state index < -0.39 is 0 Å². The summed E-state index contributed by atoms with van der Waals surface area (Å²) in [6.45, 7) is 2.52. The third-order valence-electron chi connectivity index (χ3n) is 5.59. The normalized spacial score (nSPS) is 20.5. The van der Waals surface area contributed by atoms with Crippen LogP contribution in [0.2, 0.25) is 0 Å². The molecule has 0 bridgehead atoms. The maximum absolute atomic E-state index is 12.8. The highest BCUT2D eigenvalue weighted by molar-refractivity contribution is 5.92. The van der Waals surface area contributed by atoms with Gasteiger partial charge in [-0.3, -0.25) is 9.59 Å².